The van der Waals surface area contributed by atoms with Crippen LogP contribution in [-0.2, 0) is 4.74 Å². The van der Waals surface area contributed by atoms with Crippen LogP contribution in [0.25, 0.3) is 0 Å². The molecule has 0 bridgehead atoms. The summed E-state index contributed by atoms with van der Waals surface area (Å²) in [7, 11) is 0. The quantitative estimate of drug-likeness (QED) is 0.734. The first-order valence-corrected chi connectivity index (χ1v) is 6.10. The third-order valence-electron chi connectivity index (χ3n) is 3.40. The van der Waals surface area contributed by atoms with Gasteiger partial charge in [0.25, 0.3) is 0 Å². The first-order valence-electron chi connectivity index (χ1n) is 6.10. The topological polar surface area (TPSA) is 21.3 Å². The van der Waals surface area contributed by atoms with E-state index in [1.54, 1.807) is 0 Å². The van der Waals surface area contributed by atoms with Crippen LogP contribution in [0.2, 0.25) is 0 Å². The van der Waals surface area contributed by atoms with Crippen molar-refractivity contribution in [1.29, 1.82) is 0 Å². The Morgan fingerprint density at radius 3 is 2.71 bits per heavy atom. The molecule has 1 aliphatic rings. The molecule has 2 heteroatoms. The first-order chi connectivity index (χ1) is 6.79. The van der Waals surface area contributed by atoms with E-state index in [0.29, 0.717) is 6.04 Å². The summed E-state index contributed by atoms with van der Waals surface area (Å²) in [5, 5.41) is 3.62. The summed E-state index contributed by atoms with van der Waals surface area (Å²) in [6.45, 7) is 9.82. The summed E-state index contributed by atoms with van der Waals surface area (Å²) in [5.74, 6) is 1.50. The fourth-order valence-corrected chi connectivity index (χ4v) is 2.37. The SMILES string of the molecule is CCNC(C(C)CC)C1CCCOC1. The van der Waals surface area contributed by atoms with Crippen molar-refractivity contribution in [2.24, 2.45) is 11.8 Å². The molecule has 0 spiro atoms. The van der Waals surface area contributed by atoms with Crippen LogP contribution in [0.4, 0.5) is 0 Å². The first kappa shape index (κ1) is 12.0. The minimum atomic E-state index is 0.658. The van der Waals surface area contributed by atoms with Gasteiger partial charge in [-0.3, -0.25) is 0 Å². The Bertz CT molecular complexity index is 143. The number of nitrogens with one attached hydrogen (secondary N) is 1. The fraction of sp³-hybridized carbons (Fsp3) is 1.00. The second-order valence-electron chi connectivity index (χ2n) is 4.45. The number of ether oxygens (including phenoxy) is 1. The summed E-state index contributed by atoms with van der Waals surface area (Å²) in [6.07, 6.45) is 3.83. The molecule has 0 radical (unpaired) electrons. The van der Waals surface area contributed by atoms with Gasteiger partial charge in [0.05, 0.1) is 6.61 Å². The Hall–Kier alpha value is -0.0800. The lowest BCUT2D eigenvalue weighted by atomic mass is 9.84. The molecule has 1 saturated heterocycles. The van der Waals surface area contributed by atoms with Gasteiger partial charge >= 0.3 is 0 Å². The Labute approximate surface area is 88.4 Å². The average molecular weight is 199 g/mol. The molecule has 0 aliphatic carbocycles. The maximum atomic E-state index is 5.56. The van der Waals surface area contributed by atoms with Gasteiger partial charge in [-0.15, -0.1) is 0 Å². The molecule has 1 N–H and O–H groups in total. The molecular weight excluding hydrogens is 174 g/mol. The highest BCUT2D eigenvalue weighted by Crippen LogP contribution is 2.23. The van der Waals surface area contributed by atoms with Gasteiger partial charge in [0.2, 0.25) is 0 Å². The standard InChI is InChI=1S/C12H25NO/c1-4-10(3)12(13-5-2)11-7-6-8-14-9-11/h10-13H,4-9H2,1-3H3. The molecule has 1 fully saturated rings. The average Bonchev–Trinajstić information content (AvgIpc) is 2.26. The molecule has 0 amide bonds. The Balaban J connectivity index is 2.46. The van der Waals surface area contributed by atoms with Crippen LogP contribution in [0.1, 0.15) is 40.0 Å². The van der Waals surface area contributed by atoms with Gasteiger partial charge in [-0.2, -0.15) is 0 Å². The van der Waals surface area contributed by atoms with Crippen LogP contribution in [0.3, 0.4) is 0 Å². The molecular formula is C12H25NO. The Kier molecular flexibility index (Phi) is 5.49. The van der Waals surface area contributed by atoms with Crippen molar-refractivity contribution in [3.05, 3.63) is 0 Å². The molecule has 1 aliphatic heterocycles. The fourth-order valence-electron chi connectivity index (χ4n) is 2.37. The summed E-state index contributed by atoms with van der Waals surface area (Å²) < 4.78 is 5.56. The van der Waals surface area contributed by atoms with E-state index in [-0.39, 0.29) is 0 Å². The van der Waals surface area contributed by atoms with Crippen molar-refractivity contribution in [2.75, 3.05) is 19.8 Å². The molecule has 2 nitrogen and oxygen atoms in total. The molecule has 3 atom stereocenters. The van der Waals surface area contributed by atoms with Gasteiger partial charge in [0.15, 0.2) is 0 Å². The van der Waals surface area contributed by atoms with Crippen LogP contribution >= 0.6 is 0 Å². The van der Waals surface area contributed by atoms with Crippen molar-refractivity contribution in [2.45, 2.75) is 46.1 Å². The number of hydrogen-bond acceptors (Lipinski definition) is 2. The zero-order valence-electron chi connectivity index (χ0n) is 9.88. The molecule has 14 heavy (non-hydrogen) atoms. The second-order valence-corrected chi connectivity index (χ2v) is 4.45. The largest absolute Gasteiger partial charge is 0.381 e. The molecule has 3 unspecified atom stereocenters. The van der Waals surface area contributed by atoms with E-state index in [1.807, 2.05) is 0 Å². The molecule has 1 rings (SSSR count). The van der Waals surface area contributed by atoms with E-state index in [2.05, 4.69) is 26.1 Å². The molecule has 1 heterocycles. The third-order valence-corrected chi connectivity index (χ3v) is 3.40. The van der Waals surface area contributed by atoms with Crippen LogP contribution in [0.15, 0.2) is 0 Å². The predicted molar refractivity (Wildman–Crippen MR) is 60.5 cm³/mol. The van der Waals surface area contributed by atoms with Gasteiger partial charge < -0.3 is 10.1 Å². The van der Waals surface area contributed by atoms with E-state index in [9.17, 15) is 0 Å². The van der Waals surface area contributed by atoms with Gasteiger partial charge in [-0.05, 0) is 31.2 Å². The van der Waals surface area contributed by atoms with Crippen molar-refractivity contribution in [1.82, 2.24) is 5.32 Å². The monoisotopic (exact) mass is 199 g/mol. The highest BCUT2D eigenvalue weighted by atomic mass is 16.5. The molecule has 0 saturated carbocycles. The maximum absolute atomic E-state index is 5.56. The minimum Gasteiger partial charge on any atom is -0.381 e. The van der Waals surface area contributed by atoms with E-state index in [4.69, 9.17) is 4.74 Å². The van der Waals surface area contributed by atoms with E-state index in [0.717, 1.165) is 31.6 Å². The van der Waals surface area contributed by atoms with Crippen LogP contribution in [0.5, 0.6) is 0 Å². The molecule has 0 aromatic carbocycles. The lowest BCUT2D eigenvalue weighted by Gasteiger charge is -2.34. The van der Waals surface area contributed by atoms with Crippen molar-refractivity contribution in [3.8, 4) is 0 Å². The smallest absolute Gasteiger partial charge is 0.0509 e. The minimum absolute atomic E-state index is 0.658. The normalized spacial score (nSPS) is 27.2. The molecule has 84 valence electrons. The van der Waals surface area contributed by atoms with E-state index >= 15 is 0 Å². The Morgan fingerprint density at radius 2 is 2.21 bits per heavy atom. The zero-order valence-corrected chi connectivity index (χ0v) is 9.88. The molecule has 0 aromatic heterocycles. The van der Waals surface area contributed by atoms with Crippen molar-refractivity contribution >= 4 is 0 Å². The summed E-state index contributed by atoms with van der Waals surface area (Å²) in [6, 6.07) is 0.658. The van der Waals surface area contributed by atoms with Gasteiger partial charge in [0.1, 0.15) is 0 Å². The predicted octanol–water partition coefficient (Wildman–Crippen LogP) is 2.44. The third kappa shape index (κ3) is 3.25. The number of hydrogen-bond donors (Lipinski definition) is 1. The molecule has 0 aromatic rings. The second kappa shape index (κ2) is 6.41. The highest BCUT2D eigenvalue weighted by Gasteiger charge is 2.26. The lowest BCUT2D eigenvalue weighted by molar-refractivity contribution is 0.0301. The highest BCUT2D eigenvalue weighted by molar-refractivity contribution is 4.81. The van der Waals surface area contributed by atoms with E-state index in [1.165, 1.54) is 19.3 Å². The van der Waals surface area contributed by atoms with Crippen molar-refractivity contribution < 1.29 is 4.74 Å². The lowest BCUT2D eigenvalue weighted by Crippen LogP contribution is -2.44. The summed E-state index contributed by atoms with van der Waals surface area (Å²) in [4.78, 5) is 0. The number of rotatable bonds is 5. The van der Waals surface area contributed by atoms with Crippen molar-refractivity contribution in [3.63, 3.8) is 0 Å². The van der Waals surface area contributed by atoms with Crippen LogP contribution in [0, 0.1) is 11.8 Å². The van der Waals surface area contributed by atoms with Gasteiger partial charge in [-0.1, -0.05) is 27.2 Å². The maximum Gasteiger partial charge on any atom is 0.0509 e. The zero-order chi connectivity index (χ0) is 10.4. The van der Waals surface area contributed by atoms with Crippen LogP contribution < -0.4 is 5.32 Å². The van der Waals surface area contributed by atoms with E-state index < -0.39 is 0 Å². The van der Waals surface area contributed by atoms with Gasteiger partial charge in [0, 0.05) is 12.6 Å². The van der Waals surface area contributed by atoms with Crippen LogP contribution in [-0.4, -0.2) is 25.8 Å². The summed E-state index contributed by atoms with van der Waals surface area (Å²) >= 11 is 0. The van der Waals surface area contributed by atoms with Gasteiger partial charge in [-0.25, -0.2) is 0 Å². The Morgan fingerprint density at radius 1 is 1.43 bits per heavy atom. The summed E-state index contributed by atoms with van der Waals surface area (Å²) in [5.41, 5.74) is 0.